The van der Waals surface area contributed by atoms with Crippen molar-refractivity contribution < 1.29 is 22.6 Å². The molecule has 2 unspecified atom stereocenters. The Balaban J connectivity index is 1.33. The molecule has 0 aliphatic carbocycles. The Hall–Kier alpha value is -2.79. The highest BCUT2D eigenvalue weighted by molar-refractivity contribution is 5.71. The average molecular weight is 581 g/mol. The molecule has 1 saturated heterocycles. The Morgan fingerprint density at radius 1 is 0.690 bits per heavy atom. The molecule has 2 atom stereocenters. The number of unbranched alkanes of at least 4 members (excludes halogenated alkanes) is 8. The van der Waals surface area contributed by atoms with E-state index in [4.69, 9.17) is 9.47 Å². The molecule has 0 N–H and O–H groups in total. The van der Waals surface area contributed by atoms with E-state index < -0.39 is 11.6 Å². The van der Waals surface area contributed by atoms with Crippen LogP contribution in [0.5, 0.6) is 5.75 Å². The van der Waals surface area contributed by atoms with Gasteiger partial charge in [0, 0.05) is 17.0 Å². The highest BCUT2D eigenvalue weighted by Gasteiger charge is 2.24. The molecule has 1 aliphatic heterocycles. The van der Waals surface area contributed by atoms with Crippen molar-refractivity contribution in [2.45, 2.75) is 109 Å². The summed E-state index contributed by atoms with van der Waals surface area (Å²) in [7, 11) is 0. The van der Waals surface area contributed by atoms with E-state index in [1.54, 1.807) is 36.4 Å². The molecule has 3 aromatic carbocycles. The maximum absolute atomic E-state index is 15.2. The lowest BCUT2D eigenvalue weighted by Gasteiger charge is -2.29. The van der Waals surface area contributed by atoms with Crippen molar-refractivity contribution in [3.05, 3.63) is 77.6 Å². The smallest absolute Gasteiger partial charge is 0.201 e. The van der Waals surface area contributed by atoms with Gasteiger partial charge >= 0.3 is 0 Å². The third kappa shape index (κ3) is 8.86. The van der Waals surface area contributed by atoms with Crippen LogP contribution in [0.1, 0.15) is 109 Å². The van der Waals surface area contributed by atoms with Crippen LogP contribution in [-0.2, 0) is 4.74 Å². The standard InChI is InChI=1S/C37H47F3O2/c1-3-5-7-9-11-13-31-20-18-30(26-42-31)29-19-21-32(34(38)25-29)27-14-16-28(17-15-27)33-22-23-35(37(40)36(33)39)41-24-12-10-8-6-4-2/h14-17,19,21-23,25,30-31H,3-13,18,20,24,26H2,1-2H3. The number of rotatable bonds is 16. The van der Waals surface area contributed by atoms with E-state index in [0.717, 1.165) is 50.5 Å². The van der Waals surface area contributed by atoms with Gasteiger partial charge in [0.05, 0.1) is 19.3 Å². The lowest BCUT2D eigenvalue weighted by molar-refractivity contribution is -0.00217. The van der Waals surface area contributed by atoms with Crippen molar-refractivity contribution in [3.8, 4) is 28.0 Å². The number of halogens is 3. The van der Waals surface area contributed by atoms with Crippen LogP contribution < -0.4 is 4.74 Å². The predicted octanol–water partition coefficient (Wildman–Crippen LogP) is 11.4. The molecule has 3 aromatic rings. The SMILES string of the molecule is CCCCCCCOc1ccc(-c2ccc(-c3ccc(C4CCC(CCCCCCC)OC4)cc3F)cc2)c(F)c1F. The molecule has 2 nitrogen and oxygen atoms in total. The summed E-state index contributed by atoms with van der Waals surface area (Å²) in [5.74, 6) is -2.05. The fourth-order valence-corrected chi connectivity index (χ4v) is 5.87. The highest BCUT2D eigenvalue weighted by atomic mass is 19.2. The van der Waals surface area contributed by atoms with Gasteiger partial charge in [-0.15, -0.1) is 0 Å². The van der Waals surface area contributed by atoms with Crippen molar-refractivity contribution in [2.24, 2.45) is 0 Å². The minimum atomic E-state index is -0.975. The number of benzene rings is 3. The van der Waals surface area contributed by atoms with Gasteiger partial charge in [0.15, 0.2) is 11.6 Å². The second-order valence-corrected chi connectivity index (χ2v) is 11.8. The molecule has 0 radical (unpaired) electrons. The third-order valence-electron chi connectivity index (χ3n) is 8.52. The maximum Gasteiger partial charge on any atom is 0.201 e. The predicted molar refractivity (Wildman–Crippen MR) is 167 cm³/mol. The van der Waals surface area contributed by atoms with E-state index in [2.05, 4.69) is 13.8 Å². The van der Waals surface area contributed by atoms with Gasteiger partial charge in [-0.2, -0.15) is 4.39 Å². The van der Waals surface area contributed by atoms with Gasteiger partial charge in [-0.25, -0.2) is 8.78 Å². The van der Waals surface area contributed by atoms with Crippen LogP contribution in [0, 0.1) is 17.5 Å². The zero-order valence-corrected chi connectivity index (χ0v) is 25.4. The molecular formula is C37H47F3O2. The first-order valence-electron chi connectivity index (χ1n) is 16.1. The largest absolute Gasteiger partial charge is 0.490 e. The summed E-state index contributed by atoms with van der Waals surface area (Å²) in [4.78, 5) is 0. The number of hydrogen-bond acceptors (Lipinski definition) is 2. The number of ether oxygens (including phenoxy) is 2. The van der Waals surface area contributed by atoms with Crippen LogP contribution in [0.25, 0.3) is 22.3 Å². The van der Waals surface area contributed by atoms with E-state index in [1.807, 2.05) is 12.1 Å². The van der Waals surface area contributed by atoms with Crippen molar-refractivity contribution in [2.75, 3.05) is 13.2 Å². The van der Waals surface area contributed by atoms with E-state index in [9.17, 15) is 8.78 Å². The van der Waals surface area contributed by atoms with Gasteiger partial charge in [-0.3, -0.25) is 0 Å². The third-order valence-corrected chi connectivity index (χ3v) is 8.52. The molecule has 42 heavy (non-hydrogen) atoms. The molecule has 1 heterocycles. The zero-order valence-electron chi connectivity index (χ0n) is 25.4. The average Bonchev–Trinajstić information content (AvgIpc) is 3.01. The minimum Gasteiger partial charge on any atom is -0.490 e. The van der Waals surface area contributed by atoms with Crippen LogP contribution in [-0.4, -0.2) is 19.3 Å². The van der Waals surface area contributed by atoms with Crippen LogP contribution in [0.4, 0.5) is 13.2 Å². The molecular weight excluding hydrogens is 533 g/mol. The van der Waals surface area contributed by atoms with Crippen LogP contribution in [0.2, 0.25) is 0 Å². The molecule has 5 heteroatoms. The summed E-state index contributed by atoms with van der Waals surface area (Å²) in [6, 6.07) is 15.4. The molecule has 228 valence electrons. The summed E-state index contributed by atoms with van der Waals surface area (Å²) in [6.07, 6.45) is 15.1. The molecule has 0 spiro atoms. The zero-order chi connectivity index (χ0) is 29.7. The second kappa shape index (κ2) is 16.7. The fraction of sp³-hybridized carbons (Fsp3) is 0.514. The first kappa shape index (κ1) is 32.1. The Kier molecular flexibility index (Phi) is 12.8. The highest BCUT2D eigenvalue weighted by Crippen LogP contribution is 2.35. The number of hydrogen-bond donors (Lipinski definition) is 0. The summed E-state index contributed by atoms with van der Waals surface area (Å²) < 4.78 is 56.5. The Morgan fingerprint density at radius 2 is 1.33 bits per heavy atom. The van der Waals surface area contributed by atoms with Crippen LogP contribution in [0.3, 0.4) is 0 Å². The first-order chi connectivity index (χ1) is 20.5. The molecule has 1 aliphatic rings. The minimum absolute atomic E-state index is 0.0631. The maximum atomic E-state index is 15.2. The van der Waals surface area contributed by atoms with E-state index >= 15 is 4.39 Å². The van der Waals surface area contributed by atoms with Crippen molar-refractivity contribution >= 4 is 0 Å². The van der Waals surface area contributed by atoms with E-state index in [1.165, 1.54) is 44.6 Å². The summed E-state index contributed by atoms with van der Waals surface area (Å²) >= 11 is 0. The van der Waals surface area contributed by atoms with E-state index in [-0.39, 0.29) is 23.0 Å². The van der Waals surface area contributed by atoms with Crippen molar-refractivity contribution in [1.29, 1.82) is 0 Å². The van der Waals surface area contributed by atoms with Crippen LogP contribution in [0.15, 0.2) is 54.6 Å². The molecule has 0 aromatic heterocycles. The van der Waals surface area contributed by atoms with Gasteiger partial charge in [-0.1, -0.05) is 108 Å². The normalized spacial score (nSPS) is 17.0. The Labute approximate surface area is 250 Å². The molecule has 4 rings (SSSR count). The van der Waals surface area contributed by atoms with Crippen molar-refractivity contribution in [1.82, 2.24) is 0 Å². The lowest BCUT2D eigenvalue weighted by Crippen LogP contribution is -2.24. The summed E-state index contributed by atoms with van der Waals surface area (Å²) in [5, 5.41) is 0. The fourth-order valence-electron chi connectivity index (χ4n) is 5.87. The molecule has 0 saturated carbocycles. The van der Waals surface area contributed by atoms with E-state index in [0.29, 0.717) is 36.0 Å². The molecule has 0 amide bonds. The topological polar surface area (TPSA) is 18.5 Å². The quantitative estimate of drug-likeness (QED) is 0.157. The Bertz CT molecular complexity index is 1230. The van der Waals surface area contributed by atoms with Gasteiger partial charge < -0.3 is 9.47 Å². The van der Waals surface area contributed by atoms with Gasteiger partial charge in [-0.05, 0) is 60.6 Å². The summed E-state index contributed by atoms with van der Waals surface area (Å²) in [6.45, 7) is 5.39. The molecule has 1 fully saturated rings. The van der Waals surface area contributed by atoms with Gasteiger partial charge in [0.1, 0.15) is 5.82 Å². The first-order valence-corrected chi connectivity index (χ1v) is 16.1. The lowest BCUT2D eigenvalue weighted by atomic mass is 9.89. The van der Waals surface area contributed by atoms with Gasteiger partial charge in [0.25, 0.3) is 0 Å². The van der Waals surface area contributed by atoms with Gasteiger partial charge in [0.2, 0.25) is 5.82 Å². The van der Waals surface area contributed by atoms with Crippen molar-refractivity contribution in [3.63, 3.8) is 0 Å². The Morgan fingerprint density at radius 3 is 1.98 bits per heavy atom. The monoisotopic (exact) mass is 580 g/mol. The summed E-state index contributed by atoms with van der Waals surface area (Å²) in [5.41, 5.74) is 2.82. The molecule has 0 bridgehead atoms. The van der Waals surface area contributed by atoms with Crippen LogP contribution >= 0.6 is 0 Å². The second-order valence-electron chi connectivity index (χ2n) is 11.8.